The van der Waals surface area contributed by atoms with E-state index in [4.69, 9.17) is 0 Å². The molecule has 8 nitrogen and oxygen atoms in total. The van der Waals surface area contributed by atoms with E-state index in [0.29, 0.717) is 43.2 Å². The molecule has 0 aromatic heterocycles. The molecule has 0 bridgehead atoms. The van der Waals surface area contributed by atoms with Crippen LogP contribution >= 0.6 is 0 Å². The third-order valence-corrected chi connectivity index (χ3v) is 9.20. The zero-order valence-electron chi connectivity index (χ0n) is 23.4. The summed E-state index contributed by atoms with van der Waals surface area (Å²) < 4.78 is 46.2. The summed E-state index contributed by atoms with van der Waals surface area (Å²) >= 11 is 0. The van der Waals surface area contributed by atoms with Gasteiger partial charge in [0.2, 0.25) is 10.0 Å². The van der Waals surface area contributed by atoms with Crippen molar-refractivity contribution in [3.8, 4) is 0 Å². The van der Waals surface area contributed by atoms with Crippen LogP contribution in [-0.2, 0) is 19.9 Å². The zero-order valence-corrected chi connectivity index (χ0v) is 25.0. The van der Waals surface area contributed by atoms with Gasteiger partial charge < -0.3 is 4.90 Å². The minimum Gasteiger partial charge on any atom is -0.305 e. The number of nitrogens with zero attached hydrogens (tertiary/aromatic N) is 4. The van der Waals surface area contributed by atoms with Crippen molar-refractivity contribution in [2.75, 3.05) is 71.1 Å². The van der Waals surface area contributed by atoms with E-state index in [1.54, 1.807) is 4.31 Å². The predicted octanol–water partition coefficient (Wildman–Crippen LogP) is 2.22. The third kappa shape index (κ3) is 13.4. The average Bonchev–Trinajstić information content (AvgIpc) is 2.59. The van der Waals surface area contributed by atoms with Crippen LogP contribution < -0.4 is 0 Å². The van der Waals surface area contributed by atoms with E-state index >= 15 is 0 Å². The van der Waals surface area contributed by atoms with Crippen molar-refractivity contribution in [3.63, 3.8) is 0 Å². The molecule has 0 spiro atoms. The fourth-order valence-electron chi connectivity index (χ4n) is 3.07. The maximum atomic E-state index is 11.3. The average molecular weight is 513 g/mol. The highest BCUT2D eigenvalue weighted by atomic mass is 32.2. The van der Waals surface area contributed by atoms with Crippen LogP contribution in [-0.4, -0.2) is 124 Å². The first-order valence-corrected chi connectivity index (χ1v) is 15.5. The predicted molar refractivity (Wildman–Crippen MR) is 141 cm³/mol. The summed E-state index contributed by atoms with van der Waals surface area (Å²) in [7, 11) is -1.54. The maximum absolute atomic E-state index is 11.3. The van der Waals surface area contributed by atoms with Gasteiger partial charge in [0.25, 0.3) is 0 Å². The highest BCUT2D eigenvalue weighted by Gasteiger charge is 2.29. The quantitative estimate of drug-likeness (QED) is 0.533. The van der Waals surface area contributed by atoms with Gasteiger partial charge in [-0.25, -0.2) is 16.8 Å². The molecule has 2 saturated heterocycles. The van der Waals surface area contributed by atoms with Crippen molar-refractivity contribution in [2.24, 2.45) is 0 Å². The molecule has 0 aliphatic carbocycles. The molecule has 33 heavy (non-hydrogen) atoms. The van der Waals surface area contributed by atoms with Crippen LogP contribution in [0.5, 0.6) is 0 Å². The smallest absolute Gasteiger partial charge is 0.211 e. The second-order valence-electron chi connectivity index (χ2n) is 12.2. The number of sulfonamides is 1. The van der Waals surface area contributed by atoms with Crippen LogP contribution in [0.4, 0.5) is 0 Å². The summed E-state index contributed by atoms with van der Waals surface area (Å²) in [5.74, 6) is 0.647. The summed E-state index contributed by atoms with van der Waals surface area (Å²) in [4.78, 5) is 6.72. The molecule has 2 rings (SSSR count). The Morgan fingerprint density at radius 2 is 0.970 bits per heavy atom. The lowest BCUT2D eigenvalue weighted by molar-refractivity contribution is 0.0924. The molecule has 10 heteroatoms. The van der Waals surface area contributed by atoms with Gasteiger partial charge in [-0.3, -0.25) is 9.80 Å². The van der Waals surface area contributed by atoms with Crippen molar-refractivity contribution >= 4 is 19.9 Å². The van der Waals surface area contributed by atoms with Crippen LogP contribution in [0, 0.1) is 0 Å². The molecule has 2 heterocycles. The Labute approximate surface area is 205 Å². The first-order chi connectivity index (χ1) is 14.5. The monoisotopic (exact) mass is 512 g/mol. The number of piperazine rings is 1. The van der Waals surface area contributed by atoms with Gasteiger partial charge in [-0.1, -0.05) is 0 Å². The lowest BCUT2D eigenvalue weighted by atomic mass is 10.1. The Bertz CT molecular complexity index is 768. The molecular formula is C23H52N4O4S2. The van der Waals surface area contributed by atoms with Crippen molar-refractivity contribution in [2.45, 2.75) is 78.9 Å². The fourth-order valence-corrected chi connectivity index (χ4v) is 5.10. The molecule has 0 aromatic carbocycles. The minimum atomic E-state index is -2.99. The summed E-state index contributed by atoms with van der Waals surface area (Å²) in [6.45, 7) is 23.7. The standard InChI is InChI=1S/C9H20N2O2S.C8H17NO2S.C6H15N/c1-9(2,3)10-5-7-11(8-6-10)14(4,12)13;1-8(2,3)9-4-6-12(10,11)7-5-9;1-6(2,3)7(4)5/h5-8H2,1-4H3;4-7H2,1-3H3;1-5H3. The molecule has 0 unspecified atom stereocenters. The molecule has 2 fully saturated rings. The van der Waals surface area contributed by atoms with Crippen LogP contribution in [0.15, 0.2) is 0 Å². The van der Waals surface area contributed by atoms with Gasteiger partial charge >= 0.3 is 0 Å². The Balaban J connectivity index is 0.000000492. The number of hydrogen-bond acceptors (Lipinski definition) is 7. The maximum Gasteiger partial charge on any atom is 0.211 e. The van der Waals surface area contributed by atoms with E-state index in [1.165, 1.54) is 6.26 Å². The van der Waals surface area contributed by atoms with Crippen LogP contribution in [0.3, 0.4) is 0 Å². The first-order valence-electron chi connectivity index (χ1n) is 11.8. The number of sulfone groups is 1. The van der Waals surface area contributed by atoms with E-state index in [0.717, 1.165) is 13.1 Å². The topological polar surface area (TPSA) is 81.2 Å². The van der Waals surface area contributed by atoms with Gasteiger partial charge in [0.1, 0.15) is 0 Å². The van der Waals surface area contributed by atoms with Gasteiger partial charge in [0, 0.05) is 55.9 Å². The number of hydrogen-bond donors (Lipinski definition) is 0. The van der Waals surface area contributed by atoms with Gasteiger partial charge in [-0.05, 0) is 76.4 Å². The highest BCUT2D eigenvalue weighted by Crippen LogP contribution is 2.17. The second-order valence-corrected chi connectivity index (χ2v) is 16.5. The molecule has 0 saturated carbocycles. The molecular weight excluding hydrogens is 460 g/mol. The number of rotatable bonds is 1. The van der Waals surface area contributed by atoms with Gasteiger partial charge in [-0.15, -0.1) is 0 Å². The van der Waals surface area contributed by atoms with Gasteiger partial charge in [0.05, 0.1) is 17.8 Å². The SMILES string of the molecule is CC(C)(C)N1CCN(S(C)(=O)=O)CC1.CC(C)(C)N1CCS(=O)(=O)CC1.CN(C)C(C)(C)C. The molecule has 2 aliphatic rings. The van der Waals surface area contributed by atoms with Crippen molar-refractivity contribution in [1.82, 2.24) is 19.0 Å². The third-order valence-electron chi connectivity index (χ3n) is 6.29. The molecule has 0 amide bonds. The van der Waals surface area contributed by atoms with E-state index in [1.807, 2.05) is 0 Å². The fraction of sp³-hybridized carbons (Fsp3) is 1.00. The molecule has 0 radical (unpaired) electrons. The lowest BCUT2D eigenvalue weighted by Crippen LogP contribution is -2.54. The molecule has 0 aromatic rings. The summed E-state index contributed by atoms with van der Waals surface area (Å²) in [6.07, 6.45) is 1.28. The largest absolute Gasteiger partial charge is 0.305 e. The Hall–Kier alpha value is -0.260. The molecule has 0 N–H and O–H groups in total. The summed E-state index contributed by atoms with van der Waals surface area (Å²) in [5, 5.41) is 0. The van der Waals surface area contributed by atoms with E-state index < -0.39 is 19.9 Å². The van der Waals surface area contributed by atoms with E-state index in [-0.39, 0.29) is 11.1 Å². The van der Waals surface area contributed by atoms with E-state index in [9.17, 15) is 16.8 Å². The lowest BCUT2D eigenvalue weighted by Gasteiger charge is -2.41. The second kappa shape index (κ2) is 12.1. The molecule has 2 aliphatic heterocycles. The van der Waals surface area contributed by atoms with Crippen molar-refractivity contribution in [3.05, 3.63) is 0 Å². The first kappa shape index (κ1) is 32.7. The highest BCUT2D eigenvalue weighted by molar-refractivity contribution is 7.91. The Morgan fingerprint density at radius 1 is 0.667 bits per heavy atom. The van der Waals surface area contributed by atoms with Crippen molar-refractivity contribution in [1.29, 1.82) is 0 Å². The van der Waals surface area contributed by atoms with Crippen LogP contribution in [0.1, 0.15) is 62.3 Å². The normalized spacial score (nSPS) is 21.6. The van der Waals surface area contributed by atoms with Crippen LogP contribution in [0.2, 0.25) is 0 Å². The van der Waals surface area contributed by atoms with E-state index in [2.05, 4.69) is 91.1 Å². The Kier molecular flexibility index (Phi) is 12.0. The zero-order chi connectivity index (χ0) is 26.5. The molecule has 0 atom stereocenters. The van der Waals surface area contributed by atoms with Crippen LogP contribution in [0.25, 0.3) is 0 Å². The Morgan fingerprint density at radius 3 is 1.21 bits per heavy atom. The van der Waals surface area contributed by atoms with Crippen molar-refractivity contribution < 1.29 is 16.8 Å². The minimum absolute atomic E-state index is 0.107. The summed E-state index contributed by atoms with van der Waals surface area (Å²) in [6, 6.07) is 0. The summed E-state index contributed by atoms with van der Waals surface area (Å²) in [5.41, 5.74) is 0.583. The van der Waals surface area contributed by atoms with Gasteiger partial charge in [0.15, 0.2) is 9.84 Å². The molecule has 200 valence electrons. The van der Waals surface area contributed by atoms with Gasteiger partial charge in [-0.2, -0.15) is 4.31 Å².